The highest BCUT2D eigenvalue weighted by molar-refractivity contribution is 5.87. The molecule has 4 nitrogen and oxygen atoms in total. The number of carbonyl (C=O) groups excluding carboxylic acids is 1. The maximum Gasteiger partial charge on any atom is 0.331 e. The molecule has 0 aromatic heterocycles. The van der Waals surface area contributed by atoms with Crippen LogP contribution in [0.1, 0.15) is 11.1 Å². The molecule has 138 valence electrons. The lowest BCUT2D eigenvalue weighted by Crippen LogP contribution is -2.32. The average molecular weight is 362 g/mol. The highest BCUT2D eigenvalue weighted by Gasteiger charge is 2.48. The summed E-state index contributed by atoms with van der Waals surface area (Å²) in [5.74, 6) is -0.209. The predicted octanol–water partition coefficient (Wildman–Crippen LogP) is 3.74. The van der Waals surface area contributed by atoms with E-state index in [4.69, 9.17) is 14.2 Å². The summed E-state index contributed by atoms with van der Waals surface area (Å²) in [5, 5.41) is 0. The molecule has 0 amide bonds. The zero-order chi connectivity index (χ0) is 18.5. The number of hydrogen-bond donors (Lipinski definition) is 0. The highest BCUT2D eigenvalue weighted by atomic mass is 16.6. The molecule has 2 aromatic carbocycles. The topological polar surface area (TPSA) is 44.8 Å². The number of ether oxygens (including phenoxy) is 3. The highest BCUT2D eigenvalue weighted by Crippen LogP contribution is 2.33. The number of rotatable bonds is 5. The second kappa shape index (κ2) is 8.33. The molecule has 27 heavy (non-hydrogen) atoms. The number of fused-ring (bicyclic) bond motifs is 1. The zero-order valence-electron chi connectivity index (χ0n) is 14.9. The van der Waals surface area contributed by atoms with E-state index in [1.165, 1.54) is 6.08 Å². The maximum absolute atomic E-state index is 12.1. The normalized spacial score (nSPS) is 27.3. The van der Waals surface area contributed by atoms with Gasteiger partial charge in [-0.05, 0) is 17.2 Å². The van der Waals surface area contributed by atoms with Gasteiger partial charge in [-0.1, -0.05) is 72.8 Å². The number of benzene rings is 2. The average Bonchev–Trinajstić information content (AvgIpc) is 3.29. The summed E-state index contributed by atoms with van der Waals surface area (Å²) in [5.41, 5.74) is 2.10. The minimum Gasteiger partial charge on any atom is -0.454 e. The van der Waals surface area contributed by atoms with Gasteiger partial charge in [0.15, 0.2) is 6.10 Å². The van der Waals surface area contributed by atoms with Gasteiger partial charge in [0, 0.05) is 12.0 Å². The third-order valence-electron chi connectivity index (χ3n) is 4.86. The molecule has 0 radical (unpaired) electrons. The fourth-order valence-electron chi connectivity index (χ4n) is 3.48. The smallest absolute Gasteiger partial charge is 0.331 e. The van der Waals surface area contributed by atoms with E-state index in [2.05, 4.69) is 24.3 Å². The van der Waals surface area contributed by atoms with Crippen molar-refractivity contribution in [3.63, 3.8) is 0 Å². The van der Waals surface area contributed by atoms with Gasteiger partial charge in [-0.25, -0.2) is 4.79 Å². The van der Waals surface area contributed by atoms with E-state index in [1.807, 2.05) is 48.5 Å². The third kappa shape index (κ3) is 4.35. The first-order valence-corrected chi connectivity index (χ1v) is 9.20. The molecule has 0 aliphatic carbocycles. The van der Waals surface area contributed by atoms with Crippen LogP contribution >= 0.6 is 0 Å². The Morgan fingerprint density at radius 3 is 2.19 bits per heavy atom. The Kier molecular flexibility index (Phi) is 5.47. The maximum atomic E-state index is 12.1. The summed E-state index contributed by atoms with van der Waals surface area (Å²) < 4.78 is 17.3. The molecule has 0 N–H and O–H groups in total. The lowest BCUT2D eigenvalue weighted by molar-refractivity contribution is -0.147. The van der Waals surface area contributed by atoms with Gasteiger partial charge < -0.3 is 14.2 Å². The minimum absolute atomic E-state index is 0.0686. The van der Waals surface area contributed by atoms with Crippen LogP contribution in [-0.4, -0.2) is 37.5 Å². The van der Waals surface area contributed by atoms with E-state index < -0.39 is 0 Å². The molecule has 0 unspecified atom stereocenters. The van der Waals surface area contributed by atoms with Gasteiger partial charge in [0.2, 0.25) is 0 Å². The molecule has 2 heterocycles. The van der Waals surface area contributed by atoms with Gasteiger partial charge >= 0.3 is 5.97 Å². The molecule has 2 saturated heterocycles. The standard InChI is InChI=1S/C23H22O4/c24-21(14-12-18-9-5-2-6-10-18)27-20-16-26-22-19(15-25-23(20)22)13-11-17-7-3-1-4-8-17/h1-14,19-20,22-23H,15-16H2/b13-11?,14-12+/t19-,20-,22-,23-/m1/s1. The van der Waals surface area contributed by atoms with Crippen molar-refractivity contribution in [3.05, 3.63) is 83.9 Å². The summed E-state index contributed by atoms with van der Waals surface area (Å²) in [4.78, 5) is 12.1. The third-order valence-corrected chi connectivity index (χ3v) is 4.86. The Hall–Kier alpha value is -2.69. The monoisotopic (exact) mass is 362 g/mol. The quantitative estimate of drug-likeness (QED) is 0.600. The summed E-state index contributed by atoms with van der Waals surface area (Å²) in [6.07, 6.45) is 6.77. The second-order valence-electron chi connectivity index (χ2n) is 6.75. The lowest BCUT2D eigenvalue weighted by atomic mass is 9.99. The van der Waals surface area contributed by atoms with Crippen molar-refractivity contribution >= 4 is 18.1 Å². The van der Waals surface area contributed by atoms with Crippen molar-refractivity contribution in [3.8, 4) is 0 Å². The Morgan fingerprint density at radius 2 is 1.48 bits per heavy atom. The van der Waals surface area contributed by atoms with Crippen LogP contribution in [-0.2, 0) is 19.0 Å². The first kappa shape index (κ1) is 17.7. The van der Waals surface area contributed by atoms with Crippen LogP contribution in [0, 0.1) is 5.92 Å². The van der Waals surface area contributed by atoms with Gasteiger partial charge in [0.1, 0.15) is 6.10 Å². The van der Waals surface area contributed by atoms with E-state index in [0.717, 1.165) is 11.1 Å². The fraction of sp³-hybridized carbons (Fsp3) is 0.261. The molecule has 4 heteroatoms. The first-order valence-electron chi connectivity index (χ1n) is 9.20. The Morgan fingerprint density at radius 1 is 0.852 bits per heavy atom. The SMILES string of the molecule is O=C(/C=C/c1ccccc1)O[C@@H]1CO[C@H]2[C@@H]1OC[C@H]2C=Cc1ccccc1. The molecule has 2 fully saturated rings. The molecular formula is C23H22O4. The molecule has 2 aliphatic rings. The molecule has 4 rings (SSSR count). The van der Waals surface area contributed by atoms with E-state index in [-0.39, 0.29) is 30.2 Å². The van der Waals surface area contributed by atoms with Crippen LogP contribution in [0.2, 0.25) is 0 Å². The molecule has 0 bridgehead atoms. The van der Waals surface area contributed by atoms with Crippen LogP contribution < -0.4 is 0 Å². The van der Waals surface area contributed by atoms with E-state index >= 15 is 0 Å². The predicted molar refractivity (Wildman–Crippen MR) is 104 cm³/mol. The van der Waals surface area contributed by atoms with Gasteiger partial charge in [0.05, 0.1) is 19.3 Å². The summed E-state index contributed by atoms with van der Waals surface area (Å²) in [7, 11) is 0. The van der Waals surface area contributed by atoms with Gasteiger partial charge in [-0.3, -0.25) is 0 Å². The summed E-state index contributed by atoms with van der Waals surface area (Å²) >= 11 is 0. The second-order valence-corrected chi connectivity index (χ2v) is 6.75. The fourth-order valence-corrected chi connectivity index (χ4v) is 3.48. The van der Waals surface area contributed by atoms with Gasteiger partial charge in [-0.15, -0.1) is 0 Å². The molecular weight excluding hydrogens is 340 g/mol. The van der Waals surface area contributed by atoms with Crippen molar-refractivity contribution in [2.75, 3.05) is 13.2 Å². The van der Waals surface area contributed by atoms with Crippen LogP contribution in [0.5, 0.6) is 0 Å². The van der Waals surface area contributed by atoms with Crippen molar-refractivity contribution in [1.82, 2.24) is 0 Å². The molecule has 4 atom stereocenters. The summed E-state index contributed by atoms with van der Waals surface area (Å²) in [6.45, 7) is 0.947. The Bertz CT molecular complexity index is 813. The zero-order valence-corrected chi connectivity index (χ0v) is 14.9. The Labute approximate surface area is 159 Å². The summed E-state index contributed by atoms with van der Waals surface area (Å²) in [6, 6.07) is 19.8. The van der Waals surface area contributed by atoms with Crippen molar-refractivity contribution < 1.29 is 19.0 Å². The van der Waals surface area contributed by atoms with Crippen molar-refractivity contribution in [2.45, 2.75) is 18.3 Å². The molecule has 2 aliphatic heterocycles. The number of esters is 1. The lowest BCUT2D eigenvalue weighted by Gasteiger charge is -2.15. The molecule has 2 aromatic rings. The van der Waals surface area contributed by atoms with Gasteiger partial charge in [0.25, 0.3) is 0 Å². The van der Waals surface area contributed by atoms with Crippen molar-refractivity contribution in [1.29, 1.82) is 0 Å². The van der Waals surface area contributed by atoms with Crippen molar-refractivity contribution in [2.24, 2.45) is 5.92 Å². The van der Waals surface area contributed by atoms with E-state index in [1.54, 1.807) is 6.08 Å². The largest absolute Gasteiger partial charge is 0.454 e. The van der Waals surface area contributed by atoms with Crippen LogP contribution in [0.3, 0.4) is 0 Å². The number of hydrogen-bond acceptors (Lipinski definition) is 4. The van der Waals surface area contributed by atoms with Crippen LogP contribution in [0.15, 0.2) is 72.8 Å². The van der Waals surface area contributed by atoms with E-state index in [9.17, 15) is 4.79 Å². The molecule has 0 spiro atoms. The van der Waals surface area contributed by atoms with Crippen LogP contribution in [0.25, 0.3) is 12.2 Å². The Balaban J connectivity index is 1.33. The van der Waals surface area contributed by atoms with E-state index in [0.29, 0.717) is 13.2 Å². The first-order chi connectivity index (χ1) is 13.3. The van der Waals surface area contributed by atoms with Gasteiger partial charge in [-0.2, -0.15) is 0 Å². The molecule has 0 saturated carbocycles. The minimum atomic E-state index is -0.375. The number of carbonyl (C=O) groups is 1. The van der Waals surface area contributed by atoms with Crippen LogP contribution in [0.4, 0.5) is 0 Å².